The van der Waals surface area contributed by atoms with E-state index in [-0.39, 0.29) is 5.56 Å². The first-order valence-electron chi connectivity index (χ1n) is 4.02. The largest absolute Gasteiger partial charge is 0.478 e. The lowest BCUT2D eigenvalue weighted by Gasteiger charge is -1.96. The maximum absolute atomic E-state index is 10.5. The number of aromatic carboxylic acids is 1. The molecule has 74 valence electrons. The molecule has 0 heterocycles. The van der Waals surface area contributed by atoms with Gasteiger partial charge >= 0.3 is 5.97 Å². The van der Waals surface area contributed by atoms with E-state index in [0.29, 0.717) is 5.69 Å². The molecule has 0 fully saturated rings. The molecular weight excluding hydrogens is 182 g/mol. The van der Waals surface area contributed by atoms with Crippen molar-refractivity contribution in [1.82, 2.24) is 10.9 Å². The molecule has 0 aliphatic heterocycles. The van der Waals surface area contributed by atoms with Crippen molar-refractivity contribution in [3.05, 3.63) is 29.8 Å². The van der Waals surface area contributed by atoms with Crippen LogP contribution in [0.3, 0.4) is 0 Å². The van der Waals surface area contributed by atoms with Crippen molar-refractivity contribution in [2.75, 3.05) is 7.05 Å². The summed E-state index contributed by atoms with van der Waals surface area (Å²) in [5.74, 6) is -0.936. The monoisotopic (exact) mass is 193 g/mol. The minimum absolute atomic E-state index is 0.255. The van der Waals surface area contributed by atoms with Gasteiger partial charge in [0.15, 0.2) is 0 Å². The van der Waals surface area contributed by atoms with E-state index in [1.54, 1.807) is 19.2 Å². The van der Waals surface area contributed by atoms with Crippen molar-refractivity contribution < 1.29 is 9.90 Å². The first-order chi connectivity index (χ1) is 6.74. The van der Waals surface area contributed by atoms with Crippen LogP contribution in [0.25, 0.3) is 0 Å². The Hall–Kier alpha value is -1.88. The van der Waals surface area contributed by atoms with Gasteiger partial charge in [-0.05, 0) is 24.3 Å². The topological polar surface area (TPSA) is 73.7 Å². The van der Waals surface area contributed by atoms with Crippen LogP contribution in [0.5, 0.6) is 0 Å². The van der Waals surface area contributed by atoms with E-state index < -0.39 is 5.97 Å². The van der Waals surface area contributed by atoms with Crippen LogP contribution >= 0.6 is 0 Å². The summed E-state index contributed by atoms with van der Waals surface area (Å²) >= 11 is 0. The molecule has 1 aromatic rings. The second-order valence-corrected chi connectivity index (χ2v) is 2.50. The molecule has 1 rings (SSSR count). The predicted molar refractivity (Wildman–Crippen MR) is 53.7 cm³/mol. The molecule has 0 aromatic heterocycles. The Kier molecular flexibility index (Phi) is 3.63. The Morgan fingerprint density at radius 1 is 1.43 bits per heavy atom. The van der Waals surface area contributed by atoms with E-state index in [9.17, 15) is 4.79 Å². The summed E-state index contributed by atoms with van der Waals surface area (Å²) in [6.45, 7) is 0. The van der Waals surface area contributed by atoms with E-state index in [1.807, 2.05) is 0 Å². The molecule has 0 atom stereocenters. The summed E-state index contributed by atoms with van der Waals surface area (Å²) in [5, 5.41) is 8.63. The zero-order chi connectivity index (χ0) is 10.4. The van der Waals surface area contributed by atoms with Crippen LogP contribution in [0.1, 0.15) is 10.4 Å². The van der Waals surface area contributed by atoms with Gasteiger partial charge in [0.1, 0.15) is 6.34 Å². The molecule has 0 aliphatic rings. The second kappa shape index (κ2) is 4.98. The zero-order valence-corrected chi connectivity index (χ0v) is 7.69. The molecule has 5 nitrogen and oxygen atoms in total. The average molecular weight is 193 g/mol. The number of carboxylic acids is 1. The molecule has 14 heavy (non-hydrogen) atoms. The highest BCUT2D eigenvalue weighted by atomic mass is 16.4. The summed E-state index contributed by atoms with van der Waals surface area (Å²) < 4.78 is 0. The summed E-state index contributed by atoms with van der Waals surface area (Å²) in [5.41, 5.74) is 6.30. The third kappa shape index (κ3) is 2.87. The highest BCUT2D eigenvalue weighted by molar-refractivity contribution is 5.87. The lowest BCUT2D eigenvalue weighted by atomic mass is 10.2. The van der Waals surface area contributed by atoms with Gasteiger partial charge in [0.25, 0.3) is 0 Å². The number of rotatable bonds is 4. The van der Waals surface area contributed by atoms with Gasteiger partial charge in [-0.15, -0.1) is 0 Å². The quantitative estimate of drug-likeness (QED) is 0.375. The number of carboxylic acid groups (broad SMARTS) is 1. The number of nitrogens with zero attached hydrogens (tertiary/aromatic N) is 1. The van der Waals surface area contributed by atoms with Crippen molar-refractivity contribution in [2.24, 2.45) is 4.99 Å². The first kappa shape index (κ1) is 10.2. The Bertz CT molecular complexity index is 332. The molecule has 0 radical (unpaired) electrons. The molecule has 1 aromatic carbocycles. The fourth-order valence-corrected chi connectivity index (χ4v) is 0.861. The summed E-state index contributed by atoms with van der Waals surface area (Å²) in [6, 6.07) is 6.29. The van der Waals surface area contributed by atoms with Gasteiger partial charge in [0, 0.05) is 7.05 Å². The smallest absolute Gasteiger partial charge is 0.335 e. The van der Waals surface area contributed by atoms with Crippen LogP contribution in [-0.4, -0.2) is 24.5 Å². The third-order valence-corrected chi connectivity index (χ3v) is 1.54. The highest BCUT2D eigenvalue weighted by Gasteiger charge is 1.99. The minimum atomic E-state index is -0.936. The van der Waals surface area contributed by atoms with Gasteiger partial charge in [-0.3, -0.25) is 0 Å². The molecule has 0 saturated carbocycles. The summed E-state index contributed by atoms with van der Waals surface area (Å²) in [6.07, 6.45) is 1.48. The molecule has 5 heteroatoms. The van der Waals surface area contributed by atoms with Gasteiger partial charge < -0.3 is 10.5 Å². The van der Waals surface area contributed by atoms with Crippen molar-refractivity contribution in [3.8, 4) is 0 Å². The Labute approximate surface area is 81.4 Å². The van der Waals surface area contributed by atoms with Crippen LogP contribution in [0, 0.1) is 0 Å². The van der Waals surface area contributed by atoms with Crippen LogP contribution < -0.4 is 10.9 Å². The van der Waals surface area contributed by atoms with Gasteiger partial charge in [-0.25, -0.2) is 15.2 Å². The van der Waals surface area contributed by atoms with Gasteiger partial charge in [0.05, 0.1) is 11.3 Å². The fraction of sp³-hybridized carbons (Fsp3) is 0.111. The molecular formula is C9H11N3O2. The maximum Gasteiger partial charge on any atom is 0.335 e. The lowest BCUT2D eigenvalue weighted by Crippen LogP contribution is -2.25. The predicted octanol–water partition coefficient (Wildman–Crippen LogP) is 0.769. The van der Waals surface area contributed by atoms with Crippen molar-refractivity contribution in [2.45, 2.75) is 0 Å². The maximum atomic E-state index is 10.5. The van der Waals surface area contributed by atoms with Crippen molar-refractivity contribution in [3.63, 3.8) is 0 Å². The van der Waals surface area contributed by atoms with Crippen LogP contribution in [0.15, 0.2) is 29.3 Å². The molecule has 0 saturated heterocycles. The standard InChI is InChI=1S/C9H11N3O2/c1-10-12-6-11-8-4-2-7(3-5-8)9(13)14/h2-6,10H,1H3,(H,11,12)(H,13,14). The minimum Gasteiger partial charge on any atom is -0.478 e. The normalized spacial score (nSPS) is 10.4. The molecule has 0 amide bonds. The second-order valence-electron chi connectivity index (χ2n) is 2.50. The number of carbonyl (C=O) groups is 1. The SMILES string of the molecule is CNNC=Nc1ccc(C(=O)O)cc1. The van der Waals surface area contributed by atoms with E-state index in [2.05, 4.69) is 15.8 Å². The number of benzene rings is 1. The van der Waals surface area contributed by atoms with Crippen LogP contribution in [0.4, 0.5) is 5.69 Å². The Morgan fingerprint density at radius 2 is 2.07 bits per heavy atom. The first-order valence-corrected chi connectivity index (χ1v) is 4.02. The molecule has 0 bridgehead atoms. The van der Waals surface area contributed by atoms with E-state index >= 15 is 0 Å². The number of hydrogen-bond donors (Lipinski definition) is 3. The molecule has 0 unspecified atom stereocenters. The van der Waals surface area contributed by atoms with E-state index in [0.717, 1.165) is 0 Å². The van der Waals surface area contributed by atoms with E-state index in [4.69, 9.17) is 5.11 Å². The summed E-state index contributed by atoms with van der Waals surface area (Å²) in [4.78, 5) is 14.5. The fourth-order valence-electron chi connectivity index (χ4n) is 0.861. The molecule has 0 aliphatic carbocycles. The highest BCUT2D eigenvalue weighted by Crippen LogP contribution is 2.11. The number of nitrogens with one attached hydrogen (secondary N) is 2. The number of hydrazine groups is 1. The Balaban J connectivity index is 2.68. The Morgan fingerprint density at radius 3 is 2.57 bits per heavy atom. The number of aliphatic imine (C=N–C) groups is 1. The average Bonchev–Trinajstić information content (AvgIpc) is 2.19. The van der Waals surface area contributed by atoms with Crippen molar-refractivity contribution >= 4 is 18.0 Å². The molecule has 3 N–H and O–H groups in total. The van der Waals surface area contributed by atoms with Gasteiger partial charge in [-0.1, -0.05) is 0 Å². The van der Waals surface area contributed by atoms with Crippen LogP contribution in [0.2, 0.25) is 0 Å². The molecule has 0 spiro atoms. The number of hydrogen-bond acceptors (Lipinski definition) is 3. The zero-order valence-electron chi connectivity index (χ0n) is 7.69. The van der Waals surface area contributed by atoms with Gasteiger partial charge in [-0.2, -0.15) is 0 Å². The van der Waals surface area contributed by atoms with E-state index in [1.165, 1.54) is 18.5 Å². The van der Waals surface area contributed by atoms with Gasteiger partial charge in [0.2, 0.25) is 0 Å². The third-order valence-electron chi connectivity index (χ3n) is 1.54. The van der Waals surface area contributed by atoms with Crippen molar-refractivity contribution in [1.29, 1.82) is 0 Å². The van der Waals surface area contributed by atoms with Crippen LogP contribution in [-0.2, 0) is 0 Å². The summed E-state index contributed by atoms with van der Waals surface area (Å²) in [7, 11) is 1.72. The lowest BCUT2D eigenvalue weighted by molar-refractivity contribution is 0.0697.